The highest BCUT2D eigenvalue weighted by molar-refractivity contribution is 5.13. The summed E-state index contributed by atoms with van der Waals surface area (Å²) >= 11 is 0. The molecule has 2 nitrogen and oxygen atoms in total. The van der Waals surface area contributed by atoms with Crippen LogP contribution in [0.15, 0.2) is 30.3 Å². The molecule has 0 aromatic heterocycles. The minimum Gasteiger partial charge on any atom is -0.372 e. The number of nitrogens with one attached hydrogen (secondary N) is 1. The topological polar surface area (TPSA) is 21.3 Å². The van der Waals surface area contributed by atoms with Crippen molar-refractivity contribution in [2.45, 2.75) is 52.4 Å². The molecule has 1 N–H and O–H groups in total. The molecule has 0 bridgehead atoms. The second-order valence-electron chi connectivity index (χ2n) is 5.46. The quantitative estimate of drug-likeness (QED) is 0.816. The van der Waals surface area contributed by atoms with Crippen LogP contribution in [0, 0.1) is 0 Å². The van der Waals surface area contributed by atoms with E-state index in [1.165, 1.54) is 5.56 Å². The largest absolute Gasteiger partial charge is 0.372 e. The summed E-state index contributed by atoms with van der Waals surface area (Å²) in [6.45, 7) is 10.3. The molecule has 0 radical (unpaired) electrons. The minimum absolute atomic E-state index is 0.156. The Morgan fingerprint density at radius 1 is 1.18 bits per heavy atom. The highest BCUT2D eigenvalue weighted by Gasteiger charge is 2.13. The van der Waals surface area contributed by atoms with Crippen molar-refractivity contribution in [1.82, 2.24) is 5.32 Å². The van der Waals surface area contributed by atoms with E-state index in [2.05, 4.69) is 45.1 Å². The Balaban J connectivity index is 2.33. The van der Waals surface area contributed by atoms with Gasteiger partial charge in [0.25, 0.3) is 0 Å². The van der Waals surface area contributed by atoms with Gasteiger partial charge < -0.3 is 10.1 Å². The Morgan fingerprint density at radius 3 is 2.35 bits per heavy atom. The van der Waals surface area contributed by atoms with E-state index in [0.29, 0.717) is 6.61 Å². The number of hydrogen-bond acceptors (Lipinski definition) is 2. The Labute approximate surface area is 105 Å². The lowest BCUT2D eigenvalue weighted by Crippen LogP contribution is -2.41. The summed E-state index contributed by atoms with van der Waals surface area (Å²) in [5, 5.41) is 3.48. The van der Waals surface area contributed by atoms with Crippen molar-refractivity contribution in [2.24, 2.45) is 0 Å². The molecule has 0 aliphatic carbocycles. The van der Waals surface area contributed by atoms with Crippen LogP contribution in [0.5, 0.6) is 0 Å². The molecule has 0 spiro atoms. The molecule has 1 atom stereocenters. The smallest absolute Gasteiger partial charge is 0.0721 e. The summed E-state index contributed by atoms with van der Waals surface area (Å²) in [5.74, 6) is 0. The van der Waals surface area contributed by atoms with E-state index in [-0.39, 0.29) is 11.6 Å². The first kappa shape index (κ1) is 14.2. The number of hydrogen-bond donors (Lipinski definition) is 1. The summed E-state index contributed by atoms with van der Waals surface area (Å²) in [6.07, 6.45) is 1.32. The van der Waals surface area contributed by atoms with Crippen LogP contribution in [-0.2, 0) is 11.3 Å². The molecule has 0 heterocycles. The maximum Gasteiger partial charge on any atom is 0.0721 e. The van der Waals surface area contributed by atoms with Crippen LogP contribution in [0.3, 0.4) is 0 Å². The van der Waals surface area contributed by atoms with E-state index in [9.17, 15) is 0 Å². The molecule has 0 aliphatic rings. The second-order valence-corrected chi connectivity index (χ2v) is 5.46. The minimum atomic E-state index is 0.156. The van der Waals surface area contributed by atoms with Gasteiger partial charge in [-0.1, -0.05) is 37.3 Å². The van der Waals surface area contributed by atoms with E-state index < -0.39 is 0 Å². The van der Waals surface area contributed by atoms with Gasteiger partial charge in [-0.05, 0) is 32.8 Å². The molecular weight excluding hydrogens is 210 g/mol. The first-order valence-corrected chi connectivity index (χ1v) is 6.42. The van der Waals surface area contributed by atoms with Crippen LogP contribution >= 0.6 is 0 Å². The summed E-state index contributed by atoms with van der Waals surface area (Å²) in [7, 11) is 0. The highest BCUT2D eigenvalue weighted by atomic mass is 16.5. The van der Waals surface area contributed by atoms with Gasteiger partial charge in [0.2, 0.25) is 0 Å². The third kappa shape index (κ3) is 6.44. The van der Waals surface area contributed by atoms with E-state index in [1.807, 2.05) is 18.2 Å². The molecule has 17 heavy (non-hydrogen) atoms. The second kappa shape index (κ2) is 6.77. The third-order valence-electron chi connectivity index (χ3n) is 2.64. The molecule has 1 aromatic carbocycles. The van der Waals surface area contributed by atoms with Crippen LogP contribution in [0.2, 0.25) is 0 Å². The molecule has 2 heteroatoms. The van der Waals surface area contributed by atoms with Gasteiger partial charge in [-0.15, -0.1) is 0 Å². The number of ether oxygens (including phenoxy) is 1. The summed E-state index contributed by atoms with van der Waals surface area (Å²) in [4.78, 5) is 0. The molecule has 96 valence electrons. The monoisotopic (exact) mass is 235 g/mol. The summed E-state index contributed by atoms with van der Waals surface area (Å²) in [6, 6.07) is 10.3. The lowest BCUT2D eigenvalue weighted by Gasteiger charge is -2.25. The fraction of sp³-hybridized carbons (Fsp3) is 0.600. The lowest BCUT2D eigenvalue weighted by molar-refractivity contribution is 0.0346. The Morgan fingerprint density at radius 2 is 1.82 bits per heavy atom. The molecule has 0 saturated heterocycles. The van der Waals surface area contributed by atoms with Crippen molar-refractivity contribution < 1.29 is 4.74 Å². The normalized spacial score (nSPS) is 13.6. The molecular formula is C15H25NO. The molecule has 0 fully saturated rings. The van der Waals surface area contributed by atoms with E-state index in [1.54, 1.807) is 0 Å². The average molecular weight is 235 g/mol. The predicted octanol–water partition coefficient (Wildman–Crippen LogP) is 3.37. The zero-order valence-corrected chi connectivity index (χ0v) is 11.5. The van der Waals surface area contributed by atoms with Gasteiger partial charge >= 0.3 is 0 Å². The summed E-state index contributed by atoms with van der Waals surface area (Å²) < 4.78 is 5.91. The van der Waals surface area contributed by atoms with Crippen molar-refractivity contribution in [3.63, 3.8) is 0 Å². The van der Waals surface area contributed by atoms with Gasteiger partial charge in [0.05, 0.1) is 12.7 Å². The summed E-state index contributed by atoms with van der Waals surface area (Å²) in [5.41, 5.74) is 1.39. The number of rotatable bonds is 6. The maximum absolute atomic E-state index is 5.91. The van der Waals surface area contributed by atoms with Crippen LogP contribution in [0.25, 0.3) is 0 Å². The fourth-order valence-corrected chi connectivity index (χ4v) is 1.53. The molecule has 0 amide bonds. The van der Waals surface area contributed by atoms with Gasteiger partial charge in [0.1, 0.15) is 0 Å². The van der Waals surface area contributed by atoms with Crippen molar-refractivity contribution in [3.05, 3.63) is 35.9 Å². The van der Waals surface area contributed by atoms with Crippen LogP contribution in [0.1, 0.15) is 39.7 Å². The van der Waals surface area contributed by atoms with Crippen molar-refractivity contribution >= 4 is 0 Å². The number of benzene rings is 1. The third-order valence-corrected chi connectivity index (χ3v) is 2.64. The standard InChI is InChI=1S/C15H25NO/c1-5-14(11-16-15(2,3)4)17-12-13-9-7-6-8-10-13/h6-10,14,16H,5,11-12H2,1-4H3. The Hall–Kier alpha value is -0.860. The van der Waals surface area contributed by atoms with Crippen LogP contribution in [-0.4, -0.2) is 18.2 Å². The van der Waals surface area contributed by atoms with Gasteiger partial charge in [-0.2, -0.15) is 0 Å². The van der Waals surface area contributed by atoms with E-state index in [4.69, 9.17) is 4.74 Å². The predicted molar refractivity (Wildman–Crippen MR) is 73.1 cm³/mol. The van der Waals surface area contributed by atoms with Gasteiger partial charge in [-0.3, -0.25) is 0 Å². The highest BCUT2D eigenvalue weighted by Crippen LogP contribution is 2.07. The van der Waals surface area contributed by atoms with E-state index in [0.717, 1.165) is 13.0 Å². The maximum atomic E-state index is 5.91. The lowest BCUT2D eigenvalue weighted by atomic mass is 10.1. The Kier molecular flexibility index (Phi) is 5.66. The first-order chi connectivity index (χ1) is 8.01. The van der Waals surface area contributed by atoms with Crippen molar-refractivity contribution in [3.8, 4) is 0 Å². The van der Waals surface area contributed by atoms with Crippen molar-refractivity contribution in [1.29, 1.82) is 0 Å². The van der Waals surface area contributed by atoms with E-state index >= 15 is 0 Å². The zero-order chi connectivity index (χ0) is 12.7. The van der Waals surface area contributed by atoms with Crippen LogP contribution in [0.4, 0.5) is 0 Å². The zero-order valence-electron chi connectivity index (χ0n) is 11.5. The van der Waals surface area contributed by atoms with Gasteiger partial charge in [0, 0.05) is 12.1 Å². The molecule has 0 aliphatic heterocycles. The molecule has 0 saturated carbocycles. The fourth-order valence-electron chi connectivity index (χ4n) is 1.53. The molecule has 1 rings (SSSR count). The Bertz CT molecular complexity index is 302. The SMILES string of the molecule is CCC(CNC(C)(C)C)OCc1ccccc1. The molecule has 1 unspecified atom stereocenters. The van der Waals surface area contributed by atoms with Gasteiger partial charge in [0.15, 0.2) is 0 Å². The average Bonchev–Trinajstić information content (AvgIpc) is 2.29. The first-order valence-electron chi connectivity index (χ1n) is 6.42. The van der Waals surface area contributed by atoms with Crippen LogP contribution < -0.4 is 5.32 Å². The van der Waals surface area contributed by atoms with Gasteiger partial charge in [-0.25, -0.2) is 0 Å². The molecule has 1 aromatic rings. The van der Waals surface area contributed by atoms with Crippen molar-refractivity contribution in [2.75, 3.05) is 6.54 Å².